The third-order valence-electron chi connectivity index (χ3n) is 4.80. The van der Waals surface area contributed by atoms with E-state index in [0.29, 0.717) is 16.3 Å². The number of nitrogens with zero attached hydrogens (tertiary/aromatic N) is 1. The molecule has 30 heavy (non-hydrogen) atoms. The fourth-order valence-corrected chi connectivity index (χ4v) is 5.08. The van der Waals surface area contributed by atoms with Crippen LogP contribution < -0.4 is 14.9 Å². The molecule has 2 aromatic carbocycles. The molecule has 10 heteroatoms. The normalized spacial score (nSPS) is 15.7. The van der Waals surface area contributed by atoms with E-state index in [1.54, 1.807) is 12.1 Å². The Bertz CT molecular complexity index is 1100. The van der Waals surface area contributed by atoms with Gasteiger partial charge in [-0.1, -0.05) is 23.2 Å². The van der Waals surface area contributed by atoms with E-state index in [4.69, 9.17) is 23.2 Å². The predicted octanol–water partition coefficient (Wildman–Crippen LogP) is 4.25. The molecule has 0 aromatic heterocycles. The van der Waals surface area contributed by atoms with E-state index < -0.39 is 22.0 Å². The van der Waals surface area contributed by atoms with Crippen molar-refractivity contribution in [2.75, 3.05) is 23.3 Å². The lowest BCUT2D eigenvalue weighted by atomic mass is 10.0. The molecule has 1 unspecified atom stereocenters. The van der Waals surface area contributed by atoms with Gasteiger partial charge in [0.1, 0.15) is 5.70 Å². The Morgan fingerprint density at radius 2 is 1.80 bits per heavy atom. The first-order valence-electron chi connectivity index (χ1n) is 9.24. The maximum atomic E-state index is 13.0. The van der Waals surface area contributed by atoms with E-state index in [9.17, 15) is 18.3 Å². The Morgan fingerprint density at radius 3 is 2.37 bits per heavy atom. The van der Waals surface area contributed by atoms with Gasteiger partial charge in [0, 0.05) is 40.1 Å². The number of carboxylic acids is 1. The van der Waals surface area contributed by atoms with E-state index in [0.717, 1.165) is 18.8 Å². The maximum absolute atomic E-state index is 13.0. The number of hydrogen-bond donors (Lipinski definition) is 3. The molecular weight excluding hydrogens is 449 g/mol. The summed E-state index contributed by atoms with van der Waals surface area (Å²) in [5.41, 5.74) is 1.47. The highest BCUT2D eigenvalue weighted by molar-refractivity contribution is 7.89. The zero-order valence-electron chi connectivity index (χ0n) is 16.3. The third kappa shape index (κ3) is 4.57. The Labute approximate surface area is 185 Å². The molecule has 3 rings (SSSR count). The van der Waals surface area contributed by atoms with Gasteiger partial charge in [-0.2, -0.15) is 4.72 Å². The number of fused-ring (bicyclic) bond motifs is 1. The molecule has 1 heterocycles. The number of halogens is 2. The first-order valence-corrected chi connectivity index (χ1v) is 11.5. The van der Waals surface area contributed by atoms with Gasteiger partial charge in [-0.3, -0.25) is 0 Å². The number of carboxylic acid groups (broad SMARTS) is 1. The summed E-state index contributed by atoms with van der Waals surface area (Å²) in [6.07, 6.45) is 1.27. The Hall–Kier alpha value is -2.26. The van der Waals surface area contributed by atoms with Crippen LogP contribution in [0.2, 0.25) is 10.0 Å². The number of carbonyl (C=O) groups is 1. The fraction of sp³-hybridized carbons (Fsp3) is 0.250. The highest BCUT2D eigenvalue weighted by Gasteiger charge is 2.29. The molecule has 0 saturated heterocycles. The second kappa shape index (κ2) is 8.85. The molecule has 7 nitrogen and oxygen atoms in total. The van der Waals surface area contributed by atoms with Crippen LogP contribution in [0.5, 0.6) is 0 Å². The highest BCUT2D eigenvalue weighted by atomic mass is 35.5. The summed E-state index contributed by atoms with van der Waals surface area (Å²) >= 11 is 12.3. The molecule has 0 aliphatic carbocycles. The van der Waals surface area contributed by atoms with Gasteiger partial charge >= 0.3 is 5.97 Å². The van der Waals surface area contributed by atoms with E-state index in [2.05, 4.69) is 14.9 Å². The minimum absolute atomic E-state index is 0.0637. The zero-order valence-corrected chi connectivity index (χ0v) is 18.6. The average molecular weight is 470 g/mol. The van der Waals surface area contributed by atoms with Crippen LogP contribution >= 0.6 is 23.2 Å². The minimum atomic E-state index is -3.96. The van der Waals surface area contributed by atoms with Gasteiger partial charge in [0.25, 0.3) is 0 Å². The van der Waals surface area contributed by atoms with Gasteiger partial charge in [0.2, 0.25) is 10.0 Å². The van der Waals surface area contributed by atoms with Crippen LogP contribution in [0.4, 0.5) is 11.4 Å². The second-order valence-corrected chi connectivity index (χ2v) is 9.18. The molecule has 0 radical (unpaired) electrons. The molecule has 1 atom stereocenters. The average Bonchev–Trinajstić information content (AvgIpc) is 2.68. The van der Waals surface area contributed by atoms with Crippen molar-refractivity contribution in [3.05, 3.63) is 63.8 Å². The lowest BCUT2D eigenvalue weighted by Crippen LogP contribution is -2.32. The SMILES string of the molecule is CCN(CC)c1ccc(S(=O)(=O)NC2C=C(C(=O)O)Nc3cc(Cl)cc(Cl)c32)cc1. The summed E-state index contributed by atoms with van der Waals surface area (Å²) < 4.78 is 28.5. The van der Waals surface area contributed by atoms with Crippen molar-refractivity contribution in [1.29, 1.82) is 0 Å². The molecule has 160 valence electrons. The number of rotatable bonds is 7. The largest absolute Gasteiger partial charge is 0.477 e. The van der Waals surface area contributed by atoms with Crippen molar-refractivity contribution >= 4 is 50.6 Å². The number of hydrogen-bond acceptors (Lipinski definition) is 5. The molecule has 0 fully saturated rings. The van der Waals surface area contributed by atoms with Gasteiger partial charge in [0.15, 0.2) is 0 Å². The van der Waals surface area contributed by atoms with Crippen molar-refractivity contribution in [2.24, 2.45) is 0 Å². The van der Waals surface area contributed by atoms with Crippen LogP contribution in [-0.4, -0.2) is 32.6 Å². The standard InChI is InChI=1S/C20H21Cl2N3O4S/c1-3-25(4-2)13-5-7-14(8-6-13)30(28,29)24-17-11-18(20(26)27)23-16-10-12(21)9-15(22)19(16)17/h5-11,17,23-24H,3-4H2,1-2H3,(H,26,27). The molecular formula is C20H21Cl2N3O4S. The summed E-state index contributed by atoms with van der Waals surface area (Å²) in [6.45, 7) is 5.65. The zero-order chi connectivity index (χ0) is 22.1. The topological polar surface area (TPSA) is 98.7 Å². The first-order chi connectivity index (χ1) is 14.2. The lowest BCUT2D eigenvalue weighted by molar-refractivity contribution is -0.132. The van der Waals surface area contributed by atoms with Gasteiger partial charge in [-0.05, 0) is 56.3 Å². The first kappa shape index (κ1) is 22.4. The van der Waals surface area contributed by atoms with Crippen molar-refractivity contribution in [2.45, 2.75) is 24.8 Å². The fourth-order valence-electron chi connectivity index (χ4n) is 3.32. The summed E-state index contributed by atoms with van der Waals surface area (Å²) in [7, 11) is -3.96. The monoisotopic (exact) mass is 469 g/mol. The highest BCUT2D eigenvalue weighted by Crippen LogP contribution is 2.39. The summed E-state index contributed by atoms with van der Waals surface area (Å²) in [6, 6.07) is 8.51. The molecule has 0 saturated carbocycles. The molecule has 0 amide bonds. The van der Waals surface area contributed by atoms with E-state index in [1.165, 1.54) is 30.3 Å². The smallest absolute Gasteiger partial charge is 0.352 e. The van der Waals surface area contributed by atoms with E-state index >= 15 is 0 Å². The molecule has 1 aliphatic rings. The van der Waals surface area contributed by atoms with Crippen LogP contribution in [0, 0.1) is 0 Å². The van der Waals surface area contributed by atoms with Crippen LogP contribution in [-0.2, 0) is 14.8 Å². The van der Waals surface area contributed by atoms with Gasteiger partial charge in [-0.15, -0.1) is 0 Å². The van der Waals surface area contributed by atoms with Gasteiger partial charge in [0.05, 0.1) is 10.9 Å². The Morgan fingerprint density at radius 1 is 1.17 bits per heavy atom. The van der Waals surface area contributed by atoms with Crippen molar-refractivity contribution < 1.29 is 18.3 Å². The summed E-state index contributed by atoms with van der Waals surface area (Å²) in [4.78, 5) is 13.7. The van der Waals surface area contributed by atoms with Gasteiger partial charge in [-0.25, -0.2) is 13.2 Å². The van der Waals surface area contributed by atoms with Crippen LogP contribution in [0.1, 0.15) is 25.5 Å². The van der Waals surface area contributed by atoms with E-state index in [-0.39, 0.29) is 15.6 Å². The predicted molar refractivity (Wildman–Crippen MR) is 119 cm³/mol. The molecule has 0 spiro atoms. The summed E-state index contributed by atoms with van der Waals surface area (Å²) in [5.74, 6) is -1.23. The van der Waals surface area contributed by atoms with Crippen LogP contribution in [0.3, 0.4) is 0 Å². The number of anilines is 2. The maximum Gasteiger partial charge on any atom is 0.352 e. The van der Waals surface area contributed by atoms with Crippen LogP contribution in [0.15, 0.2) is 53.1 Å². The molecule has 2 aromatic rings. The quantitative estimate of drug-likeness (QED) is 0.560. The lowest BCUT2D eigenvalue weighted by Gasteiger charge is -2.26. The molecule has 3 N–H and O–H groups in total. The van der Waals surface area contributed by atoms with Crippen LogP contribution in [0.25, 0.3) is 0 Å². The second-order valence-electron chi connectivity index (χ2n) is 6.62. The third-order valence-corrected chi connectivity index (χ3v) is 6.78. The summed E-state index contributed by atoms with van der Waals surface area (Å²) in [5, 5.41) is 12.6. The molecule has 0 bridgehead atoms. The number of nitrogens with one attached hydrogen (secondary N) is 2. The minimum Gasteiger partial charge on any atom is -0.477 e. The number of sulfonamides is 1. The van der Waals surface area contributed by atoms with E-state index in [1.807, 2.05) is 13.8 Å². The van der Waals surface area contributed by atoms with Crippen molar-refractivity contribution in [3.63, 3.8) is 0 Å². The molecule has 1 aliphatic heterocycles. The van der Waals surface area contributed by atoms with Crippen molar-refractivity contribution in [1.82, 2.24) is 4.72 Å². The number of aliphatic carboxylic acids is 1. The van der Waals surface area contributed by atoms with Gasteiger partial charge < -0.3 is 15.3 Å². The Balaban J connectivity index is 1.97. The van der Waals surface area contributed by atoms with Crippen molar-refractivity contribution in [3.8, 4) is 0 Å². The number of benzene rings is 2. The Kier molecular flexibility index (Phi) is 6.62.